The highest BCUT2D eigenvalue weighted by molar-refractivity contribution is 7.89. The van der Waals surface area contributed by atoms with Gasteiger partial charge in [0.15, 0.2) is 5.78 Å². The first-order chi connectivity index (χ1) is 15.3. The third kappa shape index (κ3) is 5.19. The Morgan fingerprint density at radius 1 is 1.09 bits per heavy atom. The van der Waals surface area contributed by atoms with E-state index < -0.39 is 16.1 Å². The van der Waals surface area contributed by atoms with Gasteiger partial charge in [0.2, 0.25) is 15.9 Å². The van der Waals surface area contributed by atoms with Crippen molar-refractivity contribution in [3.8, 4) is 5.75 Å². The molecule has 2 atom stereocenters. The number of piperidine rings is 1. The monoisotopic (exact) mass is 458 g/mol. The van der Waals surface area contributed by atoms with E-state index in [0.717, 1.165) is 17.7 Å². The summed E-state index contributed by atoms with van der Waals surface area (Å²) in [6.45, 7) is 3.69. The van der Waals surface area contributed by atoms with Gasteiger partial charge in [-0.15, -0.1) is 0 Å². The van der Waals surface area contributed by atoms with Crippen molar-refractivity contribution in [1.29, 1.82) is 0 Å². The molecule has 0 bridgehead atoms. The Labute approximate surface area is 189 Å². The second-order valence-electron chi connectivity index (χ2n) is 7.95. The van der Waals surface area contributed by atoms with Crippen LogP contribution in [0.3, 0.4) is 0 Å². The molecule has 2 aromatic rings. The molecule has 1 saturated heterocycles. The van der Waals surface area contributed by atoms with Gasteiger partial charge in [-0.05, 0) is 56.0 Å². The largest absolute Gasteiger partial charge is 0.497 e. The lowest BCUT2D eigenvalue weighted by Gasteiger charge is -2.34. The van der Waals surface area contributed by atoms with E-state index in [4.69, 9.17) is 4.74 Å². The van der Waals surface area contributed by atoms with Crippen molar-refractivity contribution < 1.29 is 22.7 Å². The smallest absolute Gasteiger partial charge is 0.243 e. The van der Waals surface area contributed by atoms with Crippen LogP contribution in [0.1, 0.15) is 61.5 Å². The highest BCUT2D eigenvalue weighted by Gasteiger charge is 2.38. The highest BCUT2D eigenvalue weighted by Crippen LogP contribution is 2.27. The van der Waals surface area contributed by atoms with Crippen LogP contribution in [0, 0.1) is 0 Å². The van der Waals surface area contributed by atoms with Gasteiger partial charge in [-0.1, -0.05) is 37.6 Å². The minimum atomic E-state index is -3.87. The van der Waals surface area contributed by atoms with E-state index in [1.165, 1.54) is 35.5 Å². The fourth-order valence-corrected chi connectivity index (χ4v) is 5.63. The van der Waals surface area contributed by atoms with Gasteiger partial charge in [0.25, 0.3) is 0 Å². The maximum Gasteiger partial charge on any atom is 0.243 e. The topological polar surface area (TPSA) is 92.8 Å². The fourth-order valence-electron chi connectivity index (χ4n) is 3.98. The molecule has 7 nitrogen and oxygen atoms in total. The Bertz CT molecular complexity index is 1050. The predicted molar refractivity (Wildman–Crippen MR) is 122 cm³/mol. The van der Waals surface area contributed by atoms with Gasteiger partial charge in [-0.2, -0.15) is 4.31 Å². The molecule has 1 aliphatic heterocycles. The number of amides is 1. The van der Waals surface area contributed by atoms with Crippen LogP contribution in [0.5, 0.6) is 5.75 Å². The van der Waals surface area contributed by atoms with E-state index in [1.807, 2.05) is 31.2 Å². The van der Waals surface area contributed by atoms with Crippen LogP contribution in [-0.4, -0.2) is 44.1 Å². The van der Waals surface area contributed by atoms with Crippen molar-refractivity contribution >= 4 is 21.7 Å². The highest BCUT2D eigenvalue weighted by atomic mass is 32.2. The molecule has 0 saturated carbocycles. The third-order valence-electron chi connectivity index (χ3n) is 5.87. The number of Topliss-reactive ketones (excluding diaryl/α,β-unsaturated/α-hetero) is 1. The zero-order valence-corrected chi connectivity index (χ0v) is 19.5. The number of hydrogen-bond donors (Lipinski definition) is 1. The van der Waals surface area contributed by atoms with Gasteiger partial charge in [0.1, 0.15) is 11.8 Å². The van der Waals surface area contributed by atoms with E-state index in [-0.39, 0.29) is 29.2 Å². The second-order valence-corrected chi connectivity index (χ2v) is 9.84. The Morgan fingerprint density at radius 3 is 2.31 bits per heavy atom. The maximum atomic E-state index is 13.3. The summed E-state index contributed by atoms with van der Waals surface area (Å²) in [6.07, 6.45) is 2.62. The number of nitrogens with one attached hydrogen (secondary N) is 1. The summed E-state index contributed by atoms with van der Waals surface area (Å²) in [5.74, 6) is 0.305. The first-order valence-electron chi connectivity index (χ1n) is 10.8. The molecule has 1 fully saturated rings. The third-order valence-corrected chi connectivity index (χ3v) is 7.79. The molecule has 2 unspecified atom stereocenters. The molecule has 1 heterocycles. The SMILES string of the molecule is CCC(NC(=O)C1CCCCN1S(=O)(=O)c1ccc(C(C)=O)cc1)c1ccc(OC)cc1. The van der Waals surface area contributed by atoms with Gasteiger partial charge >= 0.3 is 0 Å². The second kappa shape index (κ2) is 10.3. The van der Waals surface area contributed by atoms with E-state index in [2.05, 4.69) is 5.32 Å². The molecule has 1 amide bonds. The zero-order chi connectivity index (χ0) is 23.3. The van der Waals surface area contributed by atoms with Crippen LogP contribution in [0.15, 0.2) is 53.4 Å². The lowest BCUT2D eigenvalue weighted by atomic mass is 10.0. The Morgan fingerprint density at radius 2 is 1.75 bits per heavy atom. The minimum Gasteiger partial charge on any atom is -0.497 e. The first-order valence-corrected chi connectivity index (χ1v) is 12.3. The van der Waals surface area contributed by atoms with Gasteiger partial charge < -0.3 is 10.1 Å². The van der Waals surface area contributed by atoms with Crippen LogP contribution < -0.4 is 10.1 Å². The molecule has 32 heavy (non-hydrogen) atoms. The number of rotatable bonds is 8. The van der Waals surface area contributed by atoms with Crippen LogP contribution in [0.25, 0.3) is 0 Å². The number of sulfonamides is 1. The van der Waals surface area contributed by atoms with Gasteiger partial charge in [-0.25, -0.2) is 8.42 Å². The molecule has 0 aliphatic carbocycles. The molecule has 172 valence electrons. The van der Waals surface area contributed by atoms with Crippen molar-refractivity contribution in [2.24, 2.45) is 0 Å². The number of nitrogens with zero attached hydrogens (tertiary/aromatic N) is 1. The molecular formula is C24H30N2O5S. The maximum absolute atomic E-state index is 13.3. The number of ether oxygens (including phenoxy) is 1. The Balaban J connectivity index is 1.81. The number of methoxy groups -OCH3 is 1. The van der Waals surface area contributed by atoms with Crippen molar-refractivity contribution in [2.75, 3.05) is 13.7 Å². The molecule has 0 spiro atoms. The standard InChI is InChI=1S/C24H30N2O5S/c1-4-22(19-8-12-20(31-3)13-9-19)25-24(28)23-7-5-6-16-26(23)32(29,30)21-14-10-18(11-15-21)17(2)27/h8-15,22-23H,4-7,16H2,1-3H3,(H,25,28). The van der Waals surface area contributed by atoms with Gasteiger partial charge in [-0.3, -0.25) is 9.59 Å². The average Bonchev–Trinajstić information content (AvgIpc) is 2.82. The molecule has 3 rings (SSSR count). The summed E-state index contributed by atoms with van der Waals surface area (Å²) in [5, 5.41) is 3.04. The summed E-state index contributed by atoms with van der Waals surface area (Å²) in [7, 11) is -2.27. The van der Waals surface area contributed by atoms with Crippen molar-refractivity contribution in [2.45, 2.75) is 56.5 Å². The van der Waals surface area contributed by atoms with Crippen LogP contribution in [0.4, 0.5) is 0 Å². The number of ketones is 1. The molecule has 0 radical (unpaired) electrons. The lowest BCUT2D eigenvalue weighted by Crippen LogP contribution is -2.52. The summed E-state index contributed by atoms with van der Waals surface area (Å²) in [4.78, 5) is 24.8. The van der Waals surface area contributed by atoms with Crippen molar-refractivity contribution in [3.05, 3.63) is 59.7 Å². The van der Waals surface area contributed by atoms with E-state index in [0.29, 0.717) is 24.8 Å². The number of carbonyl (C=O) groups is 2. The molecule has 0 aromatic heterocycles. The van der Waals surface area contributed by atoms with Gasteiger partial charge in [0.05, 0.1) is 18.0 Å². The first kappa shape index (κ1) is 23.9. The fraction of sp³-hybridized carbons (Fsp3) is 0.417. The summed E-state index contributed by atoms with van der Waals surface area (Å²) >= 11 is 0. The normalized spacial score (nSPS) is 18.0. The number of carbonyl (C=O) groups excluding carboxylic acids is 2. The van der Waals surface area contributed by atoms with Crippen LogP contribution in [0.2, 0.25) is 0 Å². The van der Waals surface area contributed by atoms with Crippen molar-refractivity contribution in [3.63, 3.8) is 0 Å². The summed E-state index contributed by atoms with van der Waals surface area (Å²) < 4.78 is 33.1. The molecule has 2 aromatic carbocycles. The van der Waals surface area contributed by atoms with E-state index in [9.17, 15) is 18.0 Å². The molecule has 8 heteroatoms. The molecule has 1 N–H and O–H groups in total. The van der Waals surface area contributed by atoms with E-state index in [1.54, 1.807) is 7.11 Å². The molecular weight excluding hydrogens is 428 g/mol. The predicted octanol–water partition coefficient (Wildman–Crippen LogP) is 3.71. The summed E-state index contributed by atoms with van der Waals surface area (Å²) in [6, 6.07) is 12.4. The van der Waals surface area contributed by atoms with Crippen molar-refractivity contribution in [1.82, 2.24) is 9.62 Å². The van der Waals surface area contributed by atoms with Crippen LogP contribution in [-0.2, 0) is 14.8 Å². The van der Waals surface area contributed by atoms with Gasteiger partial charge in [0, 0.05) is 12.1 Å². The average molecular weight is 459 g/mol. The number of hydrogen-bond acceptors (Lipinski definition) is 5. The Hall–Kier alpha value is -2.71. The summed E-state index contributed by atoms with van der Waals surface area (Å²) in [5.41, 5.74) is 1.38. The number of benzene rings is 2. The quantitative estimate of drug-likeness (QED) is 0.609. The minimum absolute atomic E-state index is 0.0874. The zero-order valence-electron chi connectivity index (χ0n) is 18.7. The van der Waals surface area contributed by atoms with Crippen LogP contribution >= 0.6 is 0 Å². The molecule has 1 aliphatic rings. The Kier molecular flexibility index (Phi) is 7.69. The lowest BCUT2D eigenvalue weighted by molar-refractivity contribution is -0.126. The van der Waals surface area contributed by atoms with E-state index >= 15 is 0 Å².